The second-order valence-corrected chi connectivity index (χ2v) is 7.05. The predicted octanol–water partition coefficient (Wildman–Crippen LogP) is 4.60. The number of nitrogens with zero attached hydrogens (tertiary/aromatic N) is 2. The monoisotopic (exact) mass is 369 g/mol. The summed E-state index contributed by atoms with van der Waals surface area (Å²) in [7, 11) is 2.00. The molecule has 0 bridgehead atoms. The number of imidazole rings is 1. The van der Waals surface area contributed by atoms with E-state index in [0.717, 1.165) is 28.0 Å². The van der Waals surface area contributed by atoms with Gasteiger partial charge in [0.1, 0.15) is 5.82 Å². The molecule has 0 saturated heterocycles. The Morgan fingerprint density at radius 3 is 2.39 bits per heavy atom. The molecule has 0 aliphatic rings. The molecule has 0 spiro atoms. The van der Waals surface area contributed by atoms with Crippen LogP contribution in [0.5, 0.6) is 0 Å². The summed E-state index contributed by atoms with van der Waals surface area (Å²) in [6.07, 6.45) is 0.676. The summed E-state index contributed by atoms with van der Waals surface area (Å²) in [6.45, 7) is 1.95. The van der Waals surface area contributed by atoms with Gasteiger partial charge >= 0.3 is 0 Å². The van der Waals surface area contributed by atoms with Crippen molar-refractivity contribution in [1.82, 2.24) is 14.9 Å². The third-order valence-electron chi connectivity index (χ3n) is 5.11. The number of benzene rings is 3. The molecule has 0 radical (unpaired) electrons. The molecule has 28 heavy (non-hydrogen) atoms. The Balaban J connectivity index is 1.72. The molecule has 1 atom stereocenters. The van der Waals surface area contributed by atoms with Crippen LogP contribution in [-0.4, -0.2) is 15.5 Å². The highest BCUT2D eigenvalue weighted by atomic mass is 16.1. The van der Waals surface area contributed by atoms with Crippen molar-refractivity contribution >= 4 is 16.9 Å². The molecule has 3 aromatic carbocycles. The lowest BCUT2D eigenvalue weighted by Crippen LogP contribution is -2.32. The van der Waals surface area contributed by atoms with E-state index in [1.807, 2.05) is 74.6 Å². The van der Waals surface area contributed by atoms with Crippen molar-refractivity contribution < 1.29 is 4.79 Å². The summed E-state index contributed by atoms with van der Waals surface area (Å²) in [6, 6.07) is 25.7. The van der Waals surface area contributed by atoms with Gasteiger partial charge in [0.15, 0.2) is 0 Å². The molecule has 4 aromatic rings. The number of hydrogen-bond acceptors (Lipinski definition) is 2. The number of carbonyl (C=O) groups is 1. The third kappa shape index (κ3) is 3.54. The van der Waals surface area contributed by atoms with Gasteiger partial charge in [-0.1, -0.05) is 60.7 Å². The first kappa shape index (κ1) is 18.0. The van der Waals surface area contributed by atoms with Gasteiger partial charge in [0, 0.05) is 12.6 Å². The minimum absolute atomic E-state index is 0.0777. The summed E-state index contributed by atoms with van der Waals surface area (Å²) >= 11 is 0. The summed E-state index contributed by atoms with van der Waals surface area (Å²) in [4.78, 5) is 17.8. The molecule has 0 aliphatic heterocycles. The lowest BCUT2D eigenvalue weighted by Gasteiger charge is -2.19. The number of nitrogens with one attached hydrogen (secondary N) is 1. The Labute approximate surface area is 164 Å². The Kier molecular flexibility index (Phi) is 4.94. The number of aryl methyl sites for hydroxylation is 2. The molecule has 0 fully saturated rings. The van der Waals surface area contributed by atoms with Crippen molar-refractivity contribution in [2.24, 2.45) is 7.05 Å². The van der Waals surface area contributed by atoms with Crippen LogP contribution >= 0.6 is 0 Å². The fourth-order valence-electron chi connectivity index (χ4n) is 3.60. The molecule has 0 aliphatic carbocycles. The first-order valence-electron chi connectivity index (χ1n) is 9.45. The highest BCUT2D eigenvalue weighted by Crippen LogP contribution is 2.23. The maximum Gasteiger partial charge on any atom is 0.252 e. The second kappa shape index (κ2) is 7.69. The van der Waals surface area contributed by atoms with Crippen LogP contribution in [0.25, 0.3) is 11.0 Å². The number of aromatic nitrogens is 2. The Morgan fingerprint density at radius 1 is 0.964 bits per heavy atom. The highest BCUT2D eigenvalue weighted by Gasteiger charge is 2.22. The van der Waals surface area contributed by atoms with E-state index in [4.69, 9.17) is 4.98 Å². The molecule has 4 nitrogen and oxygen atoms in total. The minimum Gasteiger partial charge on any atom is -0.342 e. The van der Waals surface area contributed by atoms with E-state index in [2.05, 4.69) is 28.1 Å². The fraction of sp³-hybridized carbons (Fsp3) is 0.167. The van der Waals surface area contributed by atoms with Gasteiger partial charge < -0.3 is 9.88 Å². The van der Waals surface area contributed by atoms with Crippen LogP contribution in [-0.2, 0) is 13.5 Å². The van der Waals surface area contributed by atoms with Gasteiger partial charge in [-0.15, -0.1) is 0 Å². The van der Waals surface area contributed by atoms with Crippen molar-refractivity contribution in [3.63, 3.8) is 0 Å². The lowest BCUT2D eigenvalue weighted by molar-refractivity contribution is 0.0933. The standard InChI is InChI=1S/C24H23N3O/c1-17-10-6-7-13-19(17)24(28)26-21(16-18-11-4-3-5-12-18)23-25-20-14-8-9-15-22(20)27(23)2/h3-15,21H,16H2,1-2H3,(H,26,28). The molecule has 1 amide bonds. The average molecular weight is 369 g/mol. The molecule has 1 N–H and O–H groups in total. The fourth-order valence-corrected chi connectivity index (χ4v) is 3.60. The number of rotatable bonds is 5. The van der Waals surface area contributed by atoms with Gasteiger partial charge in [0.25, 0.3) is 5.91 Å². The van der Waals surface area contributed by atoms with Crippen LogP contribution in [0.3, 0.4) is 0 Å². The van der Waals surface area contributed by atoms with Gasteiger partial charge in [0.05, 0.1) is 17.1 Å². The smallest absolute Gasteiger partial charge is 0.252 e. The van der Waals surface area contributed by atoms with E-state index >= 15 is 0 Å². The van der Waals surface area contributed by atoms with Crippen molar-refractivity contribution in [3.05, 3.63) is 101 Å². The highest BCUT2D eigenvalue weighted by molar-refractivity contribution is 5.95. The first-order valence-corrected chi connectivity index (χ1v) is 9.45. The third-order valence-corrected chi connectivity index (χ3v) is 5.11. The molecular weight excluding hydrogens is 346 g/mol. The zero-order chi connectivity index (χ0) is 19.5. The van der Waals surface area contributed by atoms with E-state index in [0.29, 0.717) is 12.0 Å². The molecule has 1 heterocycles. The summed E-state index contributed by atoms with van der Waals surface area (Å²) in [5, 5.41) is 3.22. The molecule has 4 rings (SSSR count). The van der Waals surface area contributed by atoms with E-state index < -0.39 is 0 Å². The van der Waals surface area contributed by atoms with Gasteiger partial charge in [-0.3, -0.25) is 4.79 Å². The van der Waals surface area contributed by atoms with Crippen LogP contribution in [0.1, 0.15) is 33.4 Å². The van der Waals surface area contributed by atoms with Crippen molar-refractivity contribution in [2.45, 2.75) is 19.4 Å². The van der Waals surface area contributed by atoms with E-state index in [1.54, 1.807) is 0 Å². The summed E-state index contributed by atoms with van der Waals surface area (Å²) in [5.74, 6) is 0.776. The van der Waals surface area contributed by atoms with Crippen molar-refractivity contribution in [3.8, 4) is 0 Å². The van der Waals surface area contributed by atoms with Gasteiger partial charge in [-0.25, -0.2) is 4.98 Å². The average Bonchev–Trinajstić information content (AvgIpc) is 3.05. The zero-order valence-electron chi connectivity index (χ0n) is 16.1. The zero-order valence-corrected chi connectivity index (χ0v) is 16.1. The van der Waals surface area contributed by atoms with Crippen LogP contribution < -0.4 is 5.32 Å². The summed E-state index contributed by atoms with van der Waals surface area (Å²) in [5.41, 5.74) is 4.80. The predicted molar refractivity (Wildman–Crippen MR) is 112 cm³/mol. The number of carbonyl (C=O) groups excluding carboxylic acids is 1. The van der Waals surface area contributed by atoms with Gasteiger partial charge in [-0.05, 0) is 42.7 Å². The topological polar surface area (TPSA) is 46.9 Å². The second-order valence-electron chi connectivity index (χ2n) is 7.05. The van der Waals surface area contributed by atoms with Crippen LogP contribution in [0.15, 0.2) is 78.9 Å². The molecule has 1 unspecified atom stereocenters. The maximum absolute atomic E-state index is 13.0. The van der Waals surface area contributed by atoms with Crippen LogP contribution in [0, 0.1) is 6.92 Å². The van der Waals surface area contributed by atoms with Gasteiger partial charge in [0.2, 0.25) is 0 Å². The summed E-state index contributed by atoms with van der Waals surface area (Å²) < 4.78 is 2.07. The number of para-hydroxylation sites is 2. The number of hydrogen-bond donors (Lipinski definition) is 1. The van der Waals surface area contributed by atoms with Crippen LogP contribution in [0.4, 0.5) is 0 Å². The molecule has 140 valence electrons. The molecule has 0 saturated carbocycles. The first-order chi connectivity index (χ1) is 13.6. The largest absolute Gasteiger partial charge is 0.342 e. The molecular formula is C24H23N3O. The van der Waals surface area contributed by atoms with E-state index in [9.17, 15) is 4.79 Å². The maximum atomic E-state index is 13.0. The Morgan fingerprint density at radius 2 is 1.64 bits per heavy atom. The normalized spacial score (nSPS) is 12.1. The lowest BCUT2D eigenvalue weighted by atomic mass is 10.0. The number of amides is 1. The van der Waals surface area contributed by atoms with Crippen molar-refractivity contribution in [2.75, 3.05) is 0 Å². The van der Waals surface area contributed by atoms with Gasteiger partial charge in [-0.2, -0.15) is 0 Å². The SMILES string of the molecule is Cc1ccccc1C(=O)NC(Cc1ccccc1)c1nc2ccccc2n1C. The van der Waals surface area contributed by atoms with E-state index in [-0.39, 0.29) is 11.9 Å². The van der Waals surface area contributed by atoms with Crippen LogP contribution in [0.2, 0.25) is 0 Å². The van der Waals surface area contributed by atoms with Crippen molar-refractivity contribution in [1.29, 1.82) is 0 Å². The van der Waals surface area contributed by atoms with E-state index in [1.165, 1.54) is 0 Å². The Bertz CT molecular complexity index is 1120. The Hall–Kier alpha value is -3.40. The molecule has 1 aromatic heterocycles. The number of fused-ring (bicyclic) bond motifs is 1. The molecule has 4 heteroatoms. The quantitative estimate of drug-likeness (QED) is 0.559. The minimum atomic E-state index is -0.230.